The van der Waals surface area contributed by atoms with Crippen LogP contribution in [0.1, 0.15) is 49.9 Å². The van der Waals surface area contributed by atoms with Gasteiger partial charge in [0.05, 0.1) is 39.5 Å². The lowest BCUT2D eigenvalue weighted by atomic mass is 9.73. The molecule has 3 nitrogen and oxygen atoms in total. The topological polar surface area (TPSA) is 19.6 Å². The zero-order chi connectivity index (χ0) is 30.5. The molecule has 0 aliphatic carbocycles. The van der Waals surface area contributed by atoms with Crippen molar-refractivity contribution in [2.45, 2.75) is 38.5 Å². The highest BCUT2D eigenvalue weighted by atomic mass is 16.3. The molecule has 6 aromatic carbocycles. The summed E-state index contributed by atoms with van der Waals surface area (Å²) in [6.45, 7) is 9.31. The third kappa shape index (κ3) is 3.47. The Morgan fingerprint density at radius 2 is 0.778 bits per heavy atom. The van der Waals surface area contributed by atoms with Crippen LogP contribution in [0, 0.1) is 0 Å². The van der Waals surface area contributed by atoms with Crippen LogP contribution in [0.4, 0.5) is 34.1 Å². The van der Waals surface area contributed by atoms with Gasteiger partial charge in [-0.3, -0.25) is 0 Å². The van der Waals surface area contributed by atoms with E-state index in [1.165, 1.54) is 45.0 Å². The van der Waals surface area contributed by atoms with Gasteiger partial charge in [0.15, 0.2) is 5.58 Å². The predicted molar refractivity (Wildman–Crippen MR) is 187 cm³/mol. The Kier molecular flexibility index (Phi) is 5.30. The summed E-state index contributed by atoms with van der Waals surface area (Å²) in [5.74, 6) is 0. The quantitative estimate of drug-likeness (QED) is 0.202. The molecule has 7 aromatic rings. The predicted octanol–water partition coefficient (Wildman–Crippen LogP) is 11.8. The molecule has 0 atom stereocenters. The monoisotopic (exact) mass is 582 g/mol. The van der Waals surface area contributed by atoms with Crippen molar-refractivity contribution in [3.05, 3.63) is 156 Å². The number of hydrogen-bond acceptors (Lipinski definition) is 3. The molecule has 0 spiro atoms. The maximum Gasteiger partial charge on any atom is 0.159 e. The number of furan rings is 1. The average Bonchev–Trinajstić information content (AvgIpc) is 3.46. The molecule has 3 heteroatoms. The maximum atomic E-state index is 6.90. The van der Waals surface area contributed by atoms with E-state index in [0.717, 1.165) is 33.3 Å². The first-order valence-corrected chi connectivity index (χ1v) is 15.8. The molecule has 9 rings (SSSR count). The molecule has 0 unspecified atom stereocenters. The van der Waals surface area contributed by atoms with Gasteiger partial charge < -0.3 is 14.2 Å². The van der Waals surface area contributed by atoms with Crippen molar-refractivity contribution in [3.63, 3.8) is 0 Å². The van der Waals surface area contributed by atoms with E-state index in [9.17, 15) is 0 Å². The Bertz CT molecular complexity index is 2210. The van der Waals surface area contributed by atoms with Gasteiger partial charge in [-0.2, -0.15) is 0 Å². The first kappa shape index (κ1) is 26.2. The Labute approximate surface area is 264 Å². The van der Waals surface area contributed by atoms with E-state index in [4.69, 9.17) is 4.42 Å². The van der Waals surface area contributed by atoms with Crippen LogP contribution in [0.2, 0.25) is 0 Å². The van der Waals surface area contributed by atoms with E-state index in [1.54, 1.807) is 0 Å². The molecule has 0 radical (unpaired) electrons. The number of hydrogen-bond donors (Lipinski definition) is 0. The van der Waals surface area contributed by atoms with Gasteiger partial charge in [-0.25, -0.2) is 0 Å². The molecule has 0 N–H and O–H groups in total. The van der Waals surface area contributed by atoms with Crippen LogP contribution in [-0.2, 0) is 10.8 Å². The van der Waals surface area contributed by atoms with E-state index < -0.39 is 0 Å². The van der Waals surface area contributed by atoms with Crippen LogP contribution in [0.5, 0.6) is 0 Å². The summed E-state index contributed by atoms with van der Waals surface area (Å²) in [6.07, 6.45) is 0. The molecule has 45 heavy (non-hydrogen) atoms. The Morgan fingerprint density at radius 1 is 0.400 bits per heavy atom. The van der Waals surface area contributed by atoms with Gasteiger partial charge >= 0.3 is 0 Å². The summed E-state index contributed by atoms with van der Waals surface area (Å²) in [5, 5.41) is 2.23. The number of nitrogens with zero attached hydrogens (tertiary/aromatic N) is 2. The van der Waals surface area contributed by atoms with E-state index in [2.05, 4.69) is 171 Å². The highest BCUT2D eigenvalue weighted by molar-refractivity contribution is 6.17. The van der Waals surface area contributed by atoms with Crippen LogP contribution in [0.15, 0.2) is 138 Å². The van der Waals surface area contributed by atoms with Gasteiger partial charge in [0.25, 0.3) is 0 Å². The molecule has 0 saturated heterocycles. The van der Waals surface area contributed by atoms with Crippen molar-refractivity contribution in [2.75, 3.05) is 9.80 Å². The lowest BCUT2D eigenvalue weighted by Crippen LogP contribution is -2.30. The normalized spacial score (nSPS) is 15.8. The lowest BCUT2D eigenvalue weighted by Gasteiger charge is -2.42. The van der Waals surface area contributed by atoms with Gasteiger partial charge in [0.2, 0.25) is 0 Å². The van der Waals surface area contributed by atoms with E-state index >= 15 is 0 Å². The Morgan fingerprint density at radius 3 is 1.27 bits per heavy atom. The third-order valence-electron chi connectivity index (χ3n) is 10.2. The lowest BCUT2D eigenvalue weighted by molar-refractivity contribution is 0.630. The summed E-state index contributed by atoms with van der Waals surface area (Å²) in [6, 6.07) is 48.3. The van der Waals surface area contributed by atoms with Crippen molar-refractivity contribution in [3.8, 4) is 0 Å². The van der Waals surface area contributed by atoms with Gasteiger partial charge in [-0.15, -0.1) is 0 Å². The van der Waals surface area contributed by atoms with Gasteiger partial charge in [0.1, 0.15) is 5.58 Å². The van der Waals surface area contributed by atoms with Crippen molar-refractivity contribution in [1.29, 1.82) is 0 Å². The third-order valence-corrected chi connectivity index (χ3v) is 10.2. The van der Waals surface area contributed by atoms with E-state index in [-0.39, 0.29) is 10.8 Å². The number of benzene rings is 6. The zero-order valence-electron chi connectivity index (χ0n) is 26.0. The molecule has 0 bridgehead atoms. The molecule has 1 aromatic heterocycles. The average molecular weight is 583 g/mol. The minimum absolute atomic E-state index is 0.119. The SMILES string of the molecule is CC1(C)c2ccccc2N(c2cccc3c2oc2cccc(N4c5ccccc5C(C)(C)c5ccccc54)c23)c2ccccc21. The van der Waals surface area contributed by atoms with E-state index in [0.29, 0.717) is 0 Å². The second-order valence-electron chi connectivity index (χ2n) is 13.4. The largest absolute Gasteiger partial charge is 0.454 e. The maximum absolute atomic E-state index is 6.90. The summed E-state index contributed by atoms with van der Waals surface area (Å²) < 4.78 is 6.90. The smallest absolute Gasteiger partial charge is 0.159 e. The fraction of sp³-hybridized carbons (Fsp3) is 0.143. The van der Waals surface area contributed by atoms with Gasteiger partial charge in [-0.1, -0.05) is 119 Å². The second-order valence-corrected chi connectivity index (χ2v) is 13.4. The Hall–Kier alpha value is -5.28. The molecule has 0 amide bonds. The Balaban J connectivity index is 1.33. The first-order chi connectivity index (χ1) is 21.9. The fourth-order valence-electron chi connectivity index (χ4n) is 8.03. The summed E-state index contributed by atoms with van der Waals surface area (Å²) in [7, 11) is 0. The van der Waals surface area contributed by atoms with Crippen molar-refractivity contribution < 1.29 is 4.42 Å². The number of anilines is 6. The molecule has 2 aliphatic rings. The molecule has 0 saturated carbocycles. The van der Waals surface area contributed by atoms with Gasteiger partial charge in [0, 0.05) is 16.2 Å². The highest BCUT2D eigenvalue weighted by Gasteiger charge is 2.39. The molecular weight excluding hydrogens is 548 g/mol. The fourth-order valence-corrected chi connectivity index (χ4v) is 8.03. The standard InChI is InChI=1S/C42H34N2O/c1-41(2)28-16-5-9-20-32(28)43(33-21-10-6-17-29(33)41)36-24-14-26-38-39(36)27-15-13-25-37(40(27)45-38)44-34-22-11-7-18-30(34)42(3,4)31-19-8-12-23-35(31)44/h5-26H,1-4H3. The number of rotatable bonds is 2. The van der Waals surface area contributed by atoms with Crippen LogP contribution in [-0.4, -0.2) is 0 Å². The van der Waals surface area contributed by atoms with Crippen molar-refractivity contribution >= 4 is 56.1 Å². The van der Waals surface area contributed by atoms with Gasteiger partial charge in [-0.05, 0) is 64.7 Å². The number of para-hydroxylation sites is 5. The minimum atomic E-state index is -0.124. The molecule has 3 heterocycles. The first-order valence-electron chi connectivity index (χ1n) is 15.8. The highest BCUT2D eigenvalue weighted by Crippen LogP contribution is 2.56. The minimum Gasteiger partial charge on any atom is -0.454 e. The van der Waals surface area contributed by atoms with Crippen LogP contribution < -0.4 is 9.80 Å². The molecule has 218 valence electrons. The number of fused-ring (bicyclic) bond motifs is 7. The van der Waals surface area contributed by atoms with E-state index in [1.807, 2.05) is 0 Å². The molecule has 0 fully saturated rings. The van der Waals surface area contributed by atoms with Crippen molar-refractivity contribution in [1.82, 2.24) is 0 Å². The molecule has 2 aliphatic heterocycles. The zero-order valence-corrected chi connectivity index (χ0v) is 26.0. The van der Waals surface area contributed by atoms with Crippen LogP contribution in [0.25, 0.3) is 21.9 Å². The summed E-state index contributed by atoms with van der Waals surface area (Å²) in [5.41, 5.74) is 13.8. The second kappa shape index (κ2) is 9.12. The van der Waals surface area contributed by atoms with Crippen molar-refractivity contribution in [2.24, 2.45) is 0 Å². The summed E-state index contributed by atoms with van der Waals surface area (Å²) >= 11 is 0. The molecular formula is C42H34N2O. The van der Waals surface area contributed by atoms with Crippen LogP contribution in [0.3, 0.4) is 0 Å². The van der Waals surface area contributed by atoms with Crippen LogP contribution >= 0.6 is 0 Å². The summed E-state index contributed by atoms with van der Waals surface area (Å²) in [4.78, 5) is 4.84.